The van der Waals surface area contributed by atoms with E-state index in [9.17, 15) is 4.79 Å². The molecule has 0 aliphatic heterocycles. The highest BCUT2D eigenvalue weighted by molar-refractivity contribution is 6.27. The molecule has 0 fully saturated rings. The van der Waals surface area contributed by atoms with Gasteiger partial charge in [-0.1, -0.05) is 27.2 Å². The Bertz CT molecular complexity index is 320. The lowest BCUT2D eigenvalue weighted by atomic mass is 9.87. The van der Waals surface area contributed by atoms with Crippen molar-refractivity contribution in [1.29, 1.82) is 0 Å². The van der Waals surface area contributed by atoms with Crippen LogP contribution in [0.3, 0.4) is 0 Å². The van der Waals surface area contributed by atoms with Gasteiger partial charge in [-0.05, 0) is 37.2 Å². The third kappa shape index (κ3) is 3.25. The van der Waals surface area contributed by atoms with Crippen LogP contribution in [0.5, 0.6) is 0 Å². The number of hydrogen-bond acceptors (Lipinski definition) is 1. The largest absolute Gasteiger partial charge is 0.315 e. The van der Waals surface area contributed by atoms with Crippen LogP contribution in [-0.4, -0.2) is 23.2 Å². The second-order valence-corrected chi connectivity index (χ2v) is 5.76. The number of carbonyl (C=O) groups excluding carboxylic acids is 1. The van der Waals surface area contributed by atoms with Gasteiger partial charge in [-0.25, -0.2) is 0 Å². The fourth-order valence-electron chi connectivity index (χ4n) is 2.33. The van der Waals surface area contributed by atoms with E-state index >= 15 is 0 Å². The molecule has 98 valence electrons. The SMILES string of the molecule is CCCCN(C(=O)CCl)C1=C(C)C(C)(C)CC1. The van der Waals surface area contributed by atoms with Crippen LogP contribution in [0.2, 0.25) is 0 Å². The number of rotatable bonds is 5. The predicted octanol–water partition coefficient (Wildman–Crippen LogP) is 3.95. The second kappa shape index (κ2) is 5.90. The molecule has 0 aromatic carbocycles. The number of halogens is 1. The van der Waals surface area contributed by atoms with Gasteiger partial charge in [0.25, 0.3) is 0 Å². The van der Waals surface area contributed by atoms with E-state index in [-0.39, 0.29) is 17.2 Å². The van der Waals surface area contributed by atoms with E-state index in [0.717, 1.165) is 32.2 Å². The average molecular weight is 258 g/mol. The Labute approximate surface area is 110 Å². The molecule has 1 aliphatic carbocycles. The van der Waals surface area contributed by atoms with Crippen molar-refractivity contribution < 1.29 is 4.79 Å². The first-order valence-electron chi connectivity index (χ1n) is 6.50. The van der Waals surface area contributed by atoms with Crippen molar-refractivity contribution in [2.45, 2.75) is 53.4 Å². The molecule has 0 saturated heterocycles. The maximum atomic E-state index is 11.9. The van der Waals surface area contributed by atoms with Gasteiger partial charge in [0.15, 0.2) is 0 Å². The number of unbranched alkanes of at least 4 members (excludes halogenated alkanes) is 1. The van der Waals surface area contributed by atoms with Crippen molar-refractivity contribution in [3.63, 3.8) is 0 Å². The maximum Gasteiger partial charge on any atom is 0.241 e. The predicted molar refractivity (Wildman–Crippen MR) is 73.1 cm³/mol. The quantitative estimate of drug-likeness (QED) is 0.683. The summed E-state index contributed by atoms with van der Waals surface area (Å²) >= 11 is 5.71. The Balaban J connectivity index is 2.91. The van der Waals surface area contributed by atoms with Crippen LogP contribution in [0.4, 0.5) is 0 Å². The Morgan fingerprint density at radius 3 is 2.53 bits per heavy atom. The van der Waals surface area contributed by atoms with Crippen molar-refractivity contribution in [1.82, 2.24) is 4.90 Å². The molecule has 1 aliphatic rings. The van der Waals surface area contributed by atoms with Crippen molar-refractivity contribution in [3.8, 4) is 0 Å². The van der Waals surface area contributed by atoms with Gasteiger partial charge in [0.1, 0.15) is 5.88 Å². The molecule has 0 N–H and O–H groups in total. The van der Waals surface area contributed by atoms with Crippen molar-refractivity contribution in [2.75, 3.05) is 12.4 Å². The van der Waals surface area contributed by atoms with Crippen LogP contribution in [0.15, 0.2) is 11.3 Å². The highest BCUT2D eigenvalue weighted by atomic mass is 35.5. The van der Waals surface area contributed by atoms with Gasteiger partial charge in [-0.3, -0.25) is 4.79 Å². The van der Waals surface area contributed by atoms with E-state index in [1.165, 1.54) is 11.3 Å². The normalized spacial score (nSPS) is 18.6. The van der Waals surface area contributed by atoms with Gasteiger partial charge in [-0.15, -0.1) is 11.6 Å². The summed E-state index contributed by atoms with van der Waals surface area (Å²) in [5, 5.41) is 0. The third-order valence-electron chi connectivity index (χ3n) is 3.91. The topological polar surface area (TPSA) is 20.3 Å². The summed E-state index contributed by atoms with van der Waals surface area (Å²) in [5.74, 6) is 0.133. The van der Waals surface area contributed by atoms with Crippen molar-refractivity contribution in [3.05, 3.63) is 11.3 Å². The molecule has 0 radical (unpaired) electrons. The van der Waals surface area contributed by atoms with E-state index < -0.39 is 0 Å². The standard InChI is InChI=1S/C14H24ClNO/c1-5-6-9-16(13(17)10-15)12-7-8-14(3,4)11(12)2/h5-10H2,1-4H3. The Hall–Kier alpha value is -0.500. The zero-order chi connectivity index (χ0) is 13.1. The lowest BCUT2D eigenvalue weighted by molar-refractivity contribution is -0.126. The number of allylic oxidation sites excluding steroid dienone is 2. The van der Waals surface area contributed by atoms with Gasteiger partial charge in [0, 0.05) is 12.2 Å². The van der Waals surface area contributed by atoms with Gasteiger partial charge >= 0.3 is 0 Å². The fraction of sp³-hybridized carbons (Fsp3) is 0.786. The molecule has 2 nitrogen and oxygen atoms in total. The molecule has 0 heterocycles. The van der Waals surface area contributed by atoms with Gasteiger partial charge in [0.05, 0.1) is 0 Å². The summed E-state index contributed by atoms with van der Waals surface area (Å²) < 4.78 is 0. The first-order valence-corrected chi connectivity index (χ1v) is 7.04. The maximum absolute atomic E-state index is 11.9. The van der Waals surface area contributed by atoms with Crippen LogP contribution in [-0.2, 0) is 4.79 Å². The molecule has 0 saturated carbocycles. The highest BCUT2D eigenvalue weighted by Gasteiger charge is 2.33. The second-order valence-electron chi connectivity index (χ2n) is 5.49. The first-order chi connectivity index (χ1) is 7.94. The van der Waals surface area contributed by atoms with Gasteiger partial charge in [0.2, 0.25) is 5.91 Å². The zero-order valence-electron chi connectivity index (χ0n) is 11.5. The lowest BCUT2D eigenvalue weighted by Gasteiger charge is -2.25. The average Bonchev–Trinajstić information content (AvgIpc) is 2.56. The Kier molecular flexibility index (Phi) is 5.05. The number of alkyl halides is 1. The van der Waals surface area contributed by atoms with Crippen molar-refractivity contribution in [2.24, 2.45) is 5.41 Å². The molecule has 0 atom stereocenters. The van der Waals surface area contributed by atoms with E-state index in [4.69, 9.17) is 11.6 Å². The van der Waals surface area contributed by atoms with E-state index in [1.807, 2.05) is 4.90 Å². The first kappa shape index (κ1) is 14.6. The third-order valence-corrected chi connectivity index (χ3v) is 4.14. The van der Waals surface area contributed by atoms with Crippen LogP contribution in [0.25, 0.3) is 0 Å². The Morgan fingerprint density at radius 1 is 1.47 bits per heavy atom. The number of hydrogen-bond donors (Lipinski definition) is 0. The van der Waals surface area contributed by atoms with Crippen molar-refractivity contribution >= 4 is 17.5 Å². The number of amides is 1. The smallest absolute Gasteiger partial charge is 0.241 e. The van der Waals surface area contributed by atoms with Gasteiger partial charge < -0.3 is 4.90 Å². The summed E-state index contributed by atoms with van der Waals surface area (Å²) in [7, 11) is 0. The molecule has 17 heavy (non-hydrogen) atoms. The summed E-state index contributed by atoms with van der Waals surface area (Å²) in [4.78, 5) is 13.8. The van der Waals surface area contributed by atoms with E-state index in [2.05, 4.69) is 27.7 Å². The number of nitrogens with zero attached hydrogens (tertiary/aromatic N) is 1. The Morgan fingerprint density at radius 2 is 2.12 bits per heavy atom. The van der Waals surface area contributed by atoms with Gasteiger partial charge in [-0.2, -0.15) is 0 Å². The summed E-state index contributed by atoms with van der Waals surface area (Å²) in [6, 6.07) is 0. The minimum atomic E-state index is 0.0483. The molecule has 0 spiro atoms. The van der Waals surface area contributed by atoms with Crippen LogP contribution in [0.1, 0.15) is 53.4 Å². The minimum absolute atomic E-state index is 0.0483. The summed E-state index contributed by atoms with van der Waals surface area (Å²) in [6.07, 6.45) is 4.28. The summed E-state index contributed by atoms with van der Waals surface area (Å²) in [6.45, 7) is 9.60. The highest BCUT2D eigenvalue weighted by Crippen LogP contribution is 2.43. The molecule has 0 aromatic rings. The van der Waals surface area contributed by atoms with Crippen LogP contribution >= 0.6 is 11.6 Å². The summed E-state index contributed by atoms with van der Waals surface area (Å²) in [5.41, 5.74) is 2.80. The fourth-order valence-corrected chi connectivity index (χ4v) is 2.48. The molecular weight excluding hydrogens is 234 g/mol. The number of carbonyl (C=O) groups is 1. The molecule has 0 aromatic heterocycles. The molecule has 1 rings (SSSR count). The lowest BCUT2D eigenvalue weighted by Crippen LogP contribution is -2.32. The van der Waals surface area contributed by atoms with Crippen LogP contribution in [0, 0.1) is 5.41 Å². The molecule has 0 bridgehead atoms. The molecular formula is C14H24ClNO. The zero-order valence-corrected chi connectivity index (χ0v) is 12.2. The molecule has 1 amide bonds. The minimum Gasteiger partial charge on any atom is -0.315 e. The van der Waals surface area contributed by atoms with E-state index in [0.29, 0.717) is 0 Å². The van der Waals surface area contributed by atoms with Crippen LogP contribution < -0.4 is 0 Å². The monoisotopic (exact) mass is 257 g/mol. The molecule has 0 unspecified atom stereocenters. The molecule has 3 heteroatoms. The van der Waals surface area contributed by atoms with E-state index in [1.54, 1.807) is 0 Å².